The Labute approximate surface area is 101 Å². The first-order valence-corrected chi connectivity index (χ1v) is 4.96. The molecule has 0 unspecified atom stereocenters. The molecule has 98 valence electrons. The summed E-state index contributed by atoms with van der Waals surface area (Å²) in [6.07, 6.45) is -5.08. The Hall–Kier alpha value is -2.05. The summed E-state index contributed by atoms with van der Waals surface area (Å²) in [5.74, 6) is -2.30. The van der Waals surface area contributed by atoms with E-state index in [4.69, 9.17) is 0 Å². The van der Waals surface area contributed by atoms with Crippen molar-refractivity contribution in [3.63, 3.8) is 0 Å². The molecule has 0 aliphatic rings. The minimum absolute atomic E-state index is 0.341. The van der Waals surface area contributed by atoms with Crippen LogP contribution in [0.15, 0.2) is 18.2 Å². The molecule has 0 aliphatic carbocycles. The van der Waals surface area contributed by atoms with E-state index in [1.54, 1.807) is 25.1 Å². The first-order valence-electron chi connectivity index (χ1n) is 4.96. The van der Waals surface area contributed by atoms with Gasteiger partial charge in [-0.2, -0.15) is 13.2 Å². The maximum Gasteiger partial charge on any atom is 0.471 e. The maximum absolute atomic E-state index is 11.9. The number of aryl methyl sites for hydroxylation is 2. The van der Waals surface area contributed by atoms with Crippen LogP contribution >= 0.6 is 0 Å². The molecule has 3 amide bonds. The minimum atomic E-state index is -5.08. The molecule has 0 fully saturated rings. The van der Waals surface area contributed by atoms with Crippen molar-refractivity contribution in [2.24, 2.45) is 0 Å². The molecule has 1 aromatic carbocycles. The second-order valence-electron chi connectivity index (χ2n) is 3.72. The fourth-order valence-corrected chi connectivity index (χ4v) is 1.28. The van der Waals surface area contributed by atoms with Gasteiger partial charge in [-0.3, -0.25) is 10.1 Å². The number of anilines is 1. The molecule has 1 aromatic rings. The number of urea groups is 1. The van der Waals surface area contributed by atoms with Crippen LogP contribution < -0.4 is 10.6 Å². The number of benzene rings is 1. The fraction of sp³-hybridized carbons (Fsp3) is 0.273. The van der Waals surface area contributed by atoms with Crippen molar-refractivity contribution in [3.05, 3.63) is 29.3 Å². The first kappa shape index (κ1) is 14.0. The van der Waals surface area contributed by atoms with Gasteiger partial charge in [-0.1, -0.05) is 17.7 Å². The van der Waals surface area contributed by atoms with Crippen LogP contribution in [0, 0.1) is 13.8 Å². The third kappa shape index (κ3) is 3.76. The number of hydrogen-bond acceptors (Lipinski definition) is 2. The van der Waals surface area contributed by atoms with Crippen molar-refractivity contribution in [3.8, 4) is 0 Å². The molecule has 2 N–H and O–H groups in total. The number of carbonyl (C=O) groups is 2. The number of rotatable bonds is 1. The number of hydrogen-bond donors (Lipinski definition) is 2. The monoisotopic (exact) mass is 260 g/mol. The molecule has 18 heavy (non-hydrogen) atoms. The van der Waals surface area contributed by atoms with Gasteiger partial charge in [-0.25, -0.2) is 4.79 Å². The molecular formula is C11H11F3N2O2. The van der Waals surface area contributed by atoms with E-state index < -0.39 is 18.1 Å². The fourth-order valence-electron chi connectivity index (χ4n) is 1.28. The van der Waals surface area contributed by atoms with Gasteiger partial charge in [0.2, 0.25) is 0 Å². The molecule has 0 aliphatic heterocycles. The Morgan fingerprint density at radius 1 is 1.17 bits per heavy atom. The van der Waals surface area contributed by atoms with E-state index in [2.05, 4.69) is 5.32 Å². The maximum atomic E-state index is 11.9. The number of imide groups is 1. The van der Waals surface area contributed by atoms with Crippen molar-refractivity contribution >= 4 is 17.6 Å². The highest BCUT2D eigenvalue weighted by atomic mass is 19.4. The number of nitrogens with one attached hydrogen (secondary N) is 2. The van der Waals surface area contributed by atoms with Gasteiger partial charge >= 0.3 is 18.1 Å². The summed E-state index contributed by atoms with van der Waals surface area (Å²) in [7, 11) is 0. The van der Waals surface area contributed by atoms with E-state index in [0.717, 1.165) is 5.56 Å². The van der Waals surface area contributed by atoms with Crippen LogP contribution in [-0.4, -0.2) is 18.1 Å². The van der Waals surface area contributed by atoms with E-state index in [1.165, 1.54) is 5.32 Å². The Kier molecular flexibility index (Phi) is 3.95. The van der Waals surface area contributed by atoms with Gasteiger partial charge in [0.25, 0.3) is 0 Å². The number of carbonyl (C=O) groups excluding carboxylic acids is 2. The summed E-state index contributed by atoms with van der Waals surface area (Å²) < 4.78 is 35.7. The Bertz CT molecular complexity index is 484. The number of amides is 3. The average Bonchev–Trinajstić information content (AvgIpc) is 2.20. The summed E-state index contributed by atoms with van der Waals surface area (Å²) in [5.41, 5.74) is 1.97. The van der Waals surface area contributed by atoms with Crippen LogP contribution in [0.2, 0.25) is 0 Å². The lowest BCUT2D eigenvalue weighted by Gasteiger charge is -2.10. The van der Waals surface area contributed by atoms with E-state index in [9.17, 15) is 22.8 Å². The first-order chi connectivity index (χ1) is 8.20. The van der Waals surface area contributed by atoms with Crippen molar-refractivity contribution in [1.29, 1.82) is 0 Å². The topological polar surface area (TPSA) is 58.2 Å². The minimum Gasteiger partial charge on any atom is -0.307 e. The highest BCUT2D eigenvalue weighted by Gasteiger charge is 2.39. The average molecular weight is 260 g/mol. The van der Waals surface area contributed by atoms with E-state index in [1.807, 2.05) is 6.92 Å². The van der Waals surface area contributed by atoms with Crippen LogP contribution in [0.25, 0.3) is 0 Å². The van der Waals surface area contributed by atoms with Crippen molar-refractivity contribution in [2.75, 3.05) is 5.32 Å². The van der Waals surface area contributed by atoms with Gasteiger partial charge in [0.15, 0.2) is 0 Å². The Balaban J connectivity index is 2.68. The van der Waals surface area contributed by atoms with E-state index >= 15 is 0 Å². The lowest BCUT2D eigenvalue weighted by Crippen LogP contribution is -2.42. The zero-order chi connectivity index (χ0) is 13.9. The molecule has 0 bridgehead atoms. The summed E-state index contributed by atoms with van der Waals surface area (Å²) in [4.78, 5) is 21.7. The van der Waals surface area contributed by atoms with Crippen LogP contribution in [0.4, 0.5) is 23.7 Å². The predicted octanol–water partition coefficient (Wildman–Crippen LogP) is 2.51. The van der Waals surface area contributed by atoms with Gasteiger partial charge in [-0.15, -0.1) is 0 Å². The van der Waals surface area contributed by atoms with Crippen LogP contribution in [0.3, 0.4) is 0 Å². The third-order valence-electron chi connectivity index (χ3n) is 2.11. The predicted molar refractivity (Wildman–Crippen MR) is 59.1 cm³/mol. The summed E-state index contributed by atoms with van der Waals surface area (Å²) in [5, 5.41) is 3.37. The normalized spacial score (nSPS) is 10.9. The van der Waals surface area contributed by atoms with Gasteiger partial charge < -0.3 is 5.32 Å². The lowest BCUT2D eigenvalue weighted by molar-refractivity contribution is -0.172. The van der Waals surface area contributed by atoms with Gasteiger partial charge in [-0.05, 0) is 25.5 Å². The van der Waals surface area contributed by atoms with Crippen LogP contribution in [0.1, 0.15) is 11.1 Å². The number of alkyl halides is 3. The molecule has 0 saturated carbocycles. The molecule has 0 radical (unpaired) electrons. The third-order valence-corrected chi connectivity index (χ3v) is 2.11. The van der Waals surface area contributed by atoms with E-state index in [0.29, 0.717) is 11.3 Å². The second kappa shape index (κ2) is 5.07. The lowest BCUT2D eigenvalue weighted by atomic mass is 10.1. The zero-order valence-corrected chi connectivity index (χ0v) is 9.68. The van der Waals surface area contributed by atoms with Crippen molar-refractivity contribution < 1.29 is 22.8 Å². The molecule has 0 atom stereocenters. The molecule has 4 nitrogen and oxygen atoms in total. The van der Waals surface area contributed by atoms with Crippen molar-refractivity contribution in [2.45, 2.75) is 20.0 Å². The van der Waals surface area contributed by atoms with Gasteiger partial charge in [0.1, 0.15) is 0 Å². The quantitative estimate of drug-likeness (QED) is 0.815. The van der Waals surface area contributed by atoms with Gasteiger partial charge in [0, 0.05) is 5.69 Å². The molecule has 0 spiro atoms. The second-order valence-corrected chi connectivity index (χ2v) is 3.72. The molecule has 1 rings (SSSR count). The Morgan fingerprint density at radius 3 is 2.28 bits per heavy atom. The molecule has 0 heterocycles. The number of halogens is 3. The molecule has 0 saturated heterocycles. The zero-order valence-electron chi connectivity index (χ0n) is 9.68. The molecule has 7 heteroatoms. The largest absolute Gasteiger partial charge is 0.471 e. The smallest absolute Gasteiger partial charge is 0.307 e. The Morgan fingerprint density at radius 2 is 1.78 bits per heavy atom. The van der Waals surface area contributed by atoms with Gasteiger partial charge in [0.05, 0.1) is 0 Å². The standard InChI is InChI=1S/C11H11F3N2O2/c1-6-3-4-8(7(2)5-6)15-10(18)16-9(17)11(12,13)14/h3-5H,1-2H3,(H2,15,16,17,18). The van der Waals surface area contributed by atoms with Crippen molar-refractivity contribution in [1.82, 2.24) is 5.32 Å². The highest BCUT2D eigenvalue weighted by molar-refractivity contribution is 6.03. The summed E-state index contributed by atoms with van der Waals surface area (Å²) in [6.45, 7) is 3.53. The SMILES string of the molecule is Cc1ccc(NC(=O)NC(=O)C(F)(F)F)c(C)c1. The van der Waals surface area contributed by atoms with Crippen LogP contribution in [0.5, 0.6) is 0 Å². The molecular weight excluding hydrogens is 249 g/mol. The van der Waals surface area contributed by atoms with Crippen LogP contribution in [-0.2, 0) is 4.79 Å². The summed E-state index contributed by atoms with van der Waals surface area (Å²) >= 11 is 0. The van der Waals surface area contributed by atoms with E-state index in [-0.39, 0.29) is 0 Å². The summed E-state index contributed by atoms with van der Waals surface area (Å²) in [6, 6.07) is 3.77. The highest BCUT2D eigenvalue weighted by Crippen LogP contribution is 2.17. The molecule has 0 aromatic heterocycles.